The molecule has 10 nitrogen and oxygen atoms in total. The van der Waals surface area contributed by atoms with E-state index in [9.17, 15) is 9.59 Å². The number of hydrogen-bond acceptors (Lipinski definition) is 7. The monoisotopic (exact) mass is 462 g/mol. The highest BCUT2D eigenvalue weighted by atomic mass is 16.5. The van der Waals surface area contributed by atoms with Crippen LogP contribution in [0.5, 0.6) is 0 Å². The molecule has 0 aliphatic carbocycles. The molecule has 0 bridgehead atoms. The molecule has 3 N–H and O–H groups in total. The second-order valence-corrected chi connectivity index (χ2v) is 7.80. The molecule has 0 saturated carbocycles. The van der Waals surface area contributed by atoms with Gasteiger partial charge in [0.2, 0.25) is 11.9 Å². The van der Waals surface area contributed by atoms with Gasteiger partial charge in [0.25, 0.3) is 0 Å². The van der Waals surface area contributed by atoms with Crippen molar-refractivity contribution in [2.75, 3.05) is 55.4 Å². The normalized spacial score (nSPS) is 13.3. The first-order valence-electron chi connectivity index (χ1n) is 10.8. The predicted octanol–water partition coefficient (Wildman–Crippen LogP) is 3.27. The minimum atomic E-state index is -1.16. The summed E-state index contributed by atoms with van der Waals surface area (Å²) >= 11 is 0. The van der Waals surface area contributed by atoms with Crippen LogP contribution in [-0.4, -0.2) is 71.9 Å². The number of morpholine rings is 1. The van der Waals surface area contributed by atoms with E-state index in [1.807, 2.05) is 30.3 Å². The number of aromatic nitrogens is 2. The molecule has 1 aromatic heterocycles. The third-order valence-corrected chi connectivity index (χ3v) is 5.33. The van der Waals surface area contributed by atoms with E-state index < -0.39 is 12.0 Å². The van der Waals surface area contributed by atoms with E-state index in [4.69, 9.17) is 9.84 Å². The number of carboxylic acid groups (broad SMARTS) is 1. The number of ether oxygens (including phenoxy) is 1. The predicted molar refractivity (Wildman–Crippen MR) is 130 cm³/mol. The van der Waals surface area contributed by atoms with Crippen LogP contribution in [0.1, 0.15) is 0 Å². The van der Waals surface area contributed by atoms with Crippen molar-refractivity contribution in [1.29, 1.82) is 0 Å². The summed E-state index contributed by atoms with van der Waals surface area (Å²) in [6, 6.07) is 17.1. The van der Waals surface area contributed by atoms with Crippen molar-refractivity contribution in [2.45, 2.75) is 0 Å². The lowest BCUT2D eigenvalue weighted by Gasteiger charge is -2.28. The summed E-state index contributed by atoms with van der Waals surface area (Å²) in [6.45, 7) is 3.02. The van der Waals surface area contributed by atoms with E-state index in [-0.39, 0.29) is 6.54 Å². The van der Waals surface area contributed by atoms with Crippen molar-refractivity contribution in [3.8, 4) is 11.3 Å². The smallest absolute Gasteiger partial charge is 0.407 e. The zero-order valence-electron chi connectivity index (χ0n) is 18.8. The Morgan fingerprint density at radius 1 is 1.03 bits per heavy atom. The minimum absolute atomic E-state index is 0.245. The van der Waals surface area contributed by atoms with E-state index >= 15 is 0 Å². The van der Waals surface area contributed by atoms with Crippen LogP contribution in [0.15, 0.2) is 60.8 Å². The molecule has 4 rings (SSSR count). The molecule has 2 heterocycles. The maximum atomic E-state index is 12.0. The fourth-order valence-corrected chi connectivity index (χ4v) is 3.49. The number of rotatable bonds is 7. The SMILES string of the molecule is CN(CC(=O)Nc1ccc(-c2ccnc(Nc3ccc(N4CCOCC4)cc3)n2)cc1)C(=O)O. The molecule has 176 valence electrons. The lowest BCUT2D eigenvalue weighted by molar-refractivity contribution is -0.116. The molecule has 2 amide bonds. The van der Waals surface area contributed by atoms with Gasteiger partial charge in [0.05, 0.1) is 18.9 Å². The molecule has 1 aliphatic rings. The standard InChI is InChI=1S/C24H26N6O4/c1-29(24(32)33)16-22(31)26-18-4-2-17(3-5-18)21-10-11-25-23(28-21)27-19-6-8-20(9-7-19)30-12-14-34-15-13-30/h2-11H,12-16H2,1H3,(H,26,31)(H,32,33)(H,25,27,28). The summed E-state index contributed by atoms with van der Waals surface area (Å²) in [7, 11) is 1.34. The summed E-state index contributed by atoms with van der Waals surface area (Å²) in [6.07, 6.45) is 0.524. The van der Waals surface area contributed by atoms with E-state index in [0.29, 0.717) is 11.6 Å². The van der Waals surface area contributed by atoms with Crippen molar-refractivity contribution in [1.82, 2.24) is 14.9 Å². The van der Waals surface area contributed by atoms with Gasteiger partial charge in [-0.3, -0.25) is 4.79 Å². The summed E-state index contributed by atoms with van der Waals surface area (Å²) in [5, 5.41) is 14.8. The van der Waals surface area contributed by atoms with E-state index in [2.05, 4.69) is 37.6 Å². The van der Waals surface area contributed by atoms with Crippen molar-refractivity contribution in [2.24, 2.45) is 0 Å². The Labute approximate surface area is 197 Å². The van der Waals surface area contributed by atoms with Crippen LogP contribution in [0.4, 0.5) is 27.8 Å². The number of carbonyl (C=O) groups is 2. The lowest BCUT2D eigenvalue weighted by atomic mass is 10.1. The van der Waals surface area contributed by atoms with Gasteiger partial charge in [-0.25, -0.2) is 14.8 Å². The first kappa shape index (κ1) is 23.0. The molecule has 2 aromatic carbocycles. The largest absolute Gasteiger partial charge is 0.465 e. The lowest BCUT2D eigenvalue weighted by Crippen LogP contribution is -2.36. The highest BCUT2D eigenvalue weighted by molar-refractivity contribution is 5.93. The maximum Gasteiger partial charge on any atom is 0.407 e. The summed E-state index contributed by atoms with van der Waals surface area (Å²) in [4.78, 5) is 34.9. The number of nitrogens with zero attached hydrogens (tertiary/aromatic N) is 4. The molecule has 10 heteroatoms. The van der Waals surface area contributed by atoms with E-state index in [1.54, 1.807) is 18.3 Å². The zero-order valence-corrected chi connectivity index (χ0v) is 18.8. The second-order valence-electron chi connectivity index (χ2n) is 7.80. The number of nitrogens with one attached hydrogen (secondary N) is 2. The van der Waals surface area contributed by atoms with Gasteiger partial charge in [0.15, 0.2) is 0 Å². The van der Waals surface area contributed by atoms with Gasteiger partial charge in [0, 0.05) is 49.0 Å². The molecule has 1 fully saturated rings. The fourth-order valence-electron chi connectivity index (χ4n) is 3.49. The van der Waals surface area contributed by atoms with Crippen LogP contribution >= 0.6 is 0 Å². The first-order valence-corrected chi connectivity index (χ1v) is 10.8. The Hall–Kier alpha value is -4.18. The summed E-state index contributed by atoms with van der Waals surface area (Å²) < 4.78 is 5.41. The topological polar surface area (TPSA) is 120 Å². The molecule has 0 unspecified atom stereocenters. The van der Waals surface area contributed by atoms with Gasteiger partial charge in [-0.1, -0.05) is 12.1 Å². The number of benzene rings is 2. The molecule has 0 atom stereocenters. The molecule has 1 saturated heterocycles. The third kappa shape index (κ3) is 5.99. The van der Waals surface area contributed by atoms with E-state index in [0.717, 1.165) is 53.8 Å². The van der Waals surface area contributed by atoms with Crippen molar-refractivity contribution in [3.05, 3.63) is 60.8 Å². The van der Waals surface area contributed by atoms with Gasteiger partial charge in [-0.15, -0.1) is 0 Å². The second kappa shape index (κ2) is 10.6. The quantitative estimate of drug-likeness (QED) is 0.489. The van der Waals surface area contributed by atoms with Gasteiger partial charge in [0.1, 0.15) is 6.54 Å². The van der Waals surface area contributed by atoms with Crippen molar-refractivity contribution < 1.29 is 19.4 Å². The van der Waals surface area contributed by atoms with Crippen LogP contribution in [0.3, 0.4) is 0 Å². The number of hydrogen-bond donors (Lipinski definition) is 3. The molecule has 3 aromatic rings. The maximum absolute atomic E-state index is 12.0. The highest BCUT2D eigenvalue weighted by Gasteiger charge is 2.12. The van der Waals surface area contributed by atoms with Gasteiger partial charge in [-0.2, -0.15) is 0 Å². The Kier molecular flexibility index (Phi) is 7.19. The van der Waals surface area contributed by atoms with E-state index in [1.165, 1.54) is 7.05 Å². The molecule has 34 heavy (non-hydrogen) atoms. The molecule has 0 radical (unpaired) electrons. The van der Waals surface area contributed by atoms with Gasteiger partial charge < -0.3 is 30.3 Å². The van der Waals surface area contributed by atoms with Gasteiger partial charge in [-0.05, 0) is 42.5 Å². The Bertz CT molecular complexity index is 1130. The summed E-state index contributed by atoms with van der Waals surface area (Å²) in [5.41, 5.74) is 4.20. The molecular weight excluding hydrogens is 436 g/mol. The average Bonchev–Trinajstić information content (AvgIpc) is 2.85. The number of anilines is 4. The Balaban J connectivity index is 1.38. The molecule has 1 aliphatic heterocycles. The summed E-state index contributed by atoms with van der Waals surface area (Å²) in [5.74, 6) is 0.0662. The fraction of sp³-hybridized carbons (Fsp3) is 0.250. The first-order chi connectivity index (χ1) is 16.5. The van der Waals surface area contributed by atoms with Crippen LogP contribution in [0.25, 0.3) is 11.3 Å². The number of carbonyl (C=O) groups excluding carboxylic acids is 1. The van der Waals surface area contributed by atoms with Crippen LogP contribution in [0.2, 0.25) is 0 Å². The van der Waals surface area contributed by atoms with Crippen LogP contribution in [-0.2, 0) is 9.53 Å². The Morgan fingerprint density at radius 3 is 2.38 bits per heavy atom. The average molecular weight is 463 g/mol. The third-order valence-electron chi connectivity index (χ3n) is 5.33. The van der Waals surface area contributed by atoms with Crippen LogP contribution in [0, 0.1) is 0 Å². The van der Waals surface area contributed by atoms with Crippen LogP contribution < -0.4 is 15.5 Å². The number of likely N-dealkylation sites (N-methyl/N-ethyl adjacent to an activating group) is 1. The highest BCUT2D eigenvalue weighted by Crippen LogP contribution is 2.23. The number of amides is 2. The zero-order chi connectivity index (χ0) is 23.9. The Morgan fingerprint density at radius 2 is 1.71 bits per heavy atom. The minimum Gasteiger partial charge on any atom is -0.465 e. The molecular formula is C24H26N6O4. The van der Waals surface area contributed by atoms with Gasteiger partial charge >= 0.3 is 6.09 Å². The van der Waals surface area contributed by atoms with Crippen molar-refractivity contribution in [3.63, 3.8) is 0 Å². The van der Waals surface area contributed by atoms with Crippen molar-refractivity contribution >= 4 is 35.0 Å². The molecule has 0 spiro atoms.